The molecule has 2 heterocycles. The number of amides is 1. The fraction of sp³-hybridized carbons (Fsp3) is 0.211. The highest BCUT2D eigenvalue weighted by molar-refractivity contribution is 7.99. The van der Waals surface area contributed by atoms with Gasteiger partial charge >= 0.3 is 0 Å². The summed E-state index contributed by atoms with van der Waals surface area (Å²) in [5.74, 6) is 1.05. The van der Waals surface area contributed by atoms with Gasteiger partial charge in [0.05, 0.1) is 22.5 Å². The molecular formula is C19H18N4O2S2. The van der Waals surface area contributed by atoms with Gasteiger partial charge in [0, 0.05) is 0 Å². The number of nitrogens with zero attached hydrogens (tertiary/aromatic N) is 3. The van der Waals surface area contributed by atoms with Crippen LogP contribution in [0.15, 0.2) is 53.7 Å². The van der Waals surface area contributed by atoms with Gasteiger partial charge in [-0.1, -0.05) is 47.4 Å². The summed E-state index contributed by atoms with van der Waals surface area (Å²) in [6, 6.07) is 15.9. The minimum Gasteiger partial charge on any atom is -0.492 e. The molecule has 138 valence electrons. The van der Waals surface area contributed by atoms with E-state index in [1.165, 1.54) is 11.8 Å². The summed E-state index contributed by atoms with van der Waals surface area (Å²) in [4.78, 5) is 12.9. The maximum atomic E-state index is 12.1. The first-order valence-electron chi connectivity index (χ1n) is 8.52. The SMILES string of the molecule is Cc1cccc(OCCNC(=O)CSc2nnc3sc4ccccc4n23)c1. The third kappa shape index (κ3) is 4.06. The highest BCUT2D eigenvalue weighted by Crippen LogP contribution is 2.29. The molecule has 0 bridgehead atoms. The molecule has 0 aliphatic carbocycles. The minimum atomic E-state index is -0.0517. The van der Waals surface area contributed by atoms with Crippen molar-refractivity contribution in [1.29, 1.82) is 0 Å². The Kier molecular flexibility index (Phi) is 5.26. The van der Waals surface area contributed by atoms with E-state index in [0.717, 1.165) is 31.6 Å². The number of aromatic nitrogens is 3. The van der Waals surface area contributed by atoms with Crippen LogP contribution >= 0.6 is 23.1 Å². The lowest BCUT2D eigenvalue weighted by molar-refractivity contribution is -0.118. The Hall–Kier alpha value is -2.58. The molecule has 4 rings (SSSR count). The molecule has 1 amide bonds. The first-order valence-corrected chi connectivity index (χ1v) is 10.3. The molecule has 2 aromatic heterocycles. The first kappa shape index (κ1) is 17.8. The second-order valence-corrected chi connectivity index (χ2v) is 7.93. The number of aryl methyl sites for hydroxylation is 1. The second kappa shape index (κ2) is 7.98. The largest absolute Gasteiger partial charge is 0.492 e. The van der Waals surface area contributed by atoms with E-state index in [0.29, 0.717) is 13.2 Å². The number of rotatable bonds is 7. The lowest BCUT2D eigenvalue weighted by atomic mass is 10.2. The molecule has 0 aliphatic rings. The molecule has 1 N–H and O–H groups in total. The van der Waals surface area contributed by atoms with Crippen LogP contribution in [0, 0.1) is 6.92 Å². The van der Waals surface area contributed by atoms with Gasteiger partial charge in [0.15, 0.2) is 5.16 Å². The topological polar surface area (TPSA) is 68.5 Å². The summed E-state index contributed by atoms with van der Waals surface area (Å²) in [5.41, 5.74) is 2.21. The molecule has 27 heavy (non-hydrogen) atoms. The molecule has 0 aliphatic heterocycles. The number of thioether (sulfide) groups is 1. The van der Waals surface area contributed by atoms with Gasteiger partial charge < -0.3 is 10.1 Å². The molecule has 0 spiro atoms. The van der Waals surface area contributed by atoms with E-state index in [4.69, 9.17) is 4.74 Å². The number of carbonyl (C=O) groups is 1. The number of para-hydroxylation sites is 1. The zero-order valence-corrected chi connectivity index (χ0v) is 16.3. The van der Waals surface area contributed by atoms with E-state index in [2.05, 4.69) is 21.6 Å². The van der Waals surface area contributed by atoms with E-state index in [1.54, 1.807) is 11.3 Å². The summed E-state index contributed by atoms with van der Waals surface area (Å²) in [6.07, 6.45) is 0. The Morgan fingerprint density at radius 2 is 2.11 bits per heavy atom. The highest BCUT2D eigenvalue weighted by atomic mass is 32.2. The number of fused-ring (bicyclic) bond motifs is 3. The number of benzene rings is 2. The molecule has 2 aromatic carbocycles. The van der Waals surface area contributed by atoms with Gasteiger partial charge in [-0.2, -0.15) is 0 Å². The third-order valence-corrected chi connectivity index (χ3v) is 5.87. The number of ether oxygens (including phenoxy) is 1. The van der Waals surface area contributed by atoms with Gasteiger partial charge in [-0.25, -0.2) is 0 Å². The minimum absolute atomic E-state index is 0.0517. The maximum Gasteiger partial charge on any atom is 0.230 e. The van der Waals surface area contributed by atoms with Crippen molar-refractivity contribution in [1.82, 2.24) is 19.9 Å². The fourth-order valence-corrected chi connectivity index (χ4v) is 4.49. The quantitative estimate of drug-likeness (QED) is 0.381. The Labute approximate surface area is 164 Å². The molecule has 4 aromatic rings. The molecule has 0 radical (unpaired) electrons. The van der Waals surface area contributed by atoms with Gasteiger partial charge in [0.25, 0.3) is 0 Å². The summed E-state index contributed by atoms with van der Waals surface area (Å²) in [6.45, 7) is 2.91. The van der Waals surface area contributed by atoms with Gasteiger partial charge in [0.2, 0.25) is 10.9 Å². The van der Waals surface area contributed by atoms with E-state index >= 15 is 0 Å². The monoisotopic (exact) mass is 398 g/mol. The lowest BCUT2D eigenvalue weighted by Gasteiger charge is -2.08. The van der Waals surface area contributed by atoms with Crippen LogP contribution in [0.1, 0.15) is 5.56 Å². The standard InChI is InChI=1S/C19H18N4O2S2/c1-13-5-4-6-14(11-13)25-10-9-20-17(24)12-26-18-21-22-19-23(18)15-7-2-3-8-16(15)27-19/h2-8,11H,9-10,12H2,1H3,(H,20,24). The van der Waals surface area contributed by atoms with Gasteiger partial charge in [-0.05, 0) is 36.8 Å². The van der Waals surface area contributed by atoms with E-state index < -0.39 is 0 Å². The van der Waals surface area contributed by atoms with Crippen LogP contribution in [-0.4, -0.2) is 39.4 Å². The molecule has 0 unspecified atom stereocenters. The zero-order chi connectivity index (χ0) is 18.6. The predicted octanol–water partition coefficient (Wildman–Crippen LogP) is 3.54. The van der Waals surface area contributed by atoms with Crippen LogP contribution in [0.3, 0.4) is 0 Å². The van der Waals surface area contributed by atoms with Crippen LogP contribution < -0.4 is 10.1 Å². The Morgan fingerprint density at radius 1 is 1.22 bits per heavy atom. The lowest BCUT2D eigenvalue weighted by Crippen LogP contribution is -2.29. The second-order valence-electron chi connectivity index (χ2n) is 5.97. The van der Waals surface area contributed by atoms with Crippen LogP contribution in [0.4, 0.5) is 0 Å². The number of nitrogens with one attached hydrogen (secondary N) is 1. The van der Waals surface area contributed by atoms with Crippen molar-refractivity contribution in [2.45, 2.75) is 12.1 Å². The Bertz CT molecular complexity index is 1090. The van der Waals surface area contributed by atoms with Crippen LogP contribution in [0.2, 0.25) is 0 Å². The number of hydrogen-bond acceptors (Lipinski definition) is 6. The van der Waals surface area contributed by atoms with E-state index in [9.17, 15) is 4.79 Å². The number of carbonyl (C=O) groups excluding carboxylic acids is 1. The Balaban J connectivity index is 1.29. The molecule has 0 saturated heterocycles. The van der Waals surface area contributed by atoms with Crippen LogP contribution in [-0.2, 0) is 4.79 Å². The average molecular weight is 399 g/mol. The zero-order valence-electron chi connectivity index (χ0n) is 14.7. The van der Waals surface area contributed by atoms with Crippen molar-refractivity contribution in [2.75, 3.05) is 18.9 Å². The third-order valence-electron chi connectivity index (χ3n) is 3.93. The van der Waals surface area contributed by atoms with Gasteiger partial charge in [-0.15, -0.1) is 10.2 Å². The Morgan fingerprint density at radius 3 is 3.00 bits per heavy atom. The number of hydrogen-bond donors (Lipinski definition) is 1. The molecule has 0 atom stereocenters. The first-order chi connectivity index (χ1) is 13.2. The molecule has 0 fully saturated rings. The van der Waals surface area contributed by atoms with Crippen LogP contribution in [0.25, 0.3) is 15.2 Å². The van der Waals surface area contributed by atoms with Gasteiger partial charge in [0.1, 0.15) is 12.4 Å². The summed E-state index contributed by atoms with van der Waals surface area (Å²) in [7, 11) is 0. The van der Waals surface area contributed by atoms with Crippen molar-refractivity contribution in [3.05, 3.63) is 54.1 Å². The predicted molar refractivity (Wildman–Crippen MR) is 109 cm³/mol. The van der Waals surface area contributed by atoms with E-state index in [1.807, 2.05) is 53.8 Å². The van der Waals surface area contributed by atoms with Gasteiger partial charge in [-0.3, -0.25) is 9.20 Å². The van der Waals surface area contributed by atoms with Crippen molar-refractivity contribution in [3.63, 3.8) is 0 Å². The van der Waals surface area contributed by atoms with E-state index in [-0.39, 0.29) is 11.7 Å². The molecule has 6 nitrogen and oxygen atoms in total. The maximum absolute atomic E-state index is 12.1. The fourth-order valence-electron chi connectivity index (χ4n) is 2.69. The summed E-state index contributed by atoms with van der Waals surface area (Å²) >= 11 is 2.98. The van der Waals surface area contributed by atoms with Crippen molar-refractivity contribution < 1.29 is 9.53 Å². The van der Waals surface area contributed by atoms with Crippen LogP contribution in [0.5, 0.6) is 5.75 Å². The molecule has 0 saturated carbocycles. The normalized spacial score (nSPS) is 11.1. The summed E-state index contributed by atoms with van der Waals surface area (Å²) < 4.78 is 8.79. The summed E-state index contributed by atoms with van der Waals surface area (Å²) in [5, 5.41) is 12.0. The smallest absolute Gasteiger partial charge is 0.230 e. The molecule has 8 heteroatoms. The molecular weight excluding hydrogens is 380 g/mol. The van der Waals surface area contributed by atoms with Crippen molar-refractivity contribution in [2.24, 2.45) is 0 Å². The average Bonchev–Trinajstić information content (AvgIpc) is 3.23. The highest BCUT2D eigenvalue weighted by Gasteiger charge is 2.13. The van der Waals surface area contributed by atoms with Crippen molar-refractivity contribution in [3.8, 4) is 5.75 Å². The van der Waals surface area contributed by atoms with Crippen molar-refractivity contribution >= 4 is 44.2 Å². The number of thiazole rings is 1.